The van der Waals surface area contributed by atoms with E-state index in [0.717, 1.165) is 16.5 Å². The molecular formula is C18H13N5O. The van der Waals surface area contributed by atoms with Crippen molar-refractivity contribution in [2.24, 2.45) is 0 Å². The van der Waals surface area contributed by atoms with Crippen molar-refractivity contribution in [3.05, 3.63) is 72.9 Å². The lowest BCUT2D eigenvalue weighted by molar-refractivity contribution is 0.102. The summed E-state index contributed by atoms with van der Waals surface area (Å²) in [6.45, 7) is 0. The highest BCUT2D eigenvalue weighted by Gasteiger charge is 2.13. The Balaban J connectivity index is 1.63. The number of H-pyrrole nitrogens is 1. The van der Waals surface area contributed by atoms with Crippen molar-refractivity contribution in [2.45, 2.75) is 0 Å². The molecule has 2 N–H and O–H groups in total. The average Bonchev–Trinajstić information content (AvgIpc) is 3.07. The summed E-state index contributed by atoms with van der Waals surface area (Å²) in [5.74, 6) is 0.254. The summed E-state index contributed by atoms with van der Waals surface area (Å²) in [6.07, 6.45) is 8.48. The lowest BCUT2D eigenvalue weighted by Gasteiger charge is -2.06. The highest BCUT2D eigenvalue weighted by molar-refractivity contribution is 6.12. The minimum absolute atomic E-state index is 0.231. The van der Waals surface area contributed by atoms with Crippen LogP contribution < -0.4 is 5.32 Å². The first-order valence-corrected chi connectivity index (χ1v) is 7.41. The molecule has 4 heterocycles. The molecule has 0 aliphatic carbocycles. The van der Waals surface area contributed by atoms with Gasteiger partial charge in [0.25, 0.3) is 5.91 Å². The van der Waals surface area contributed by atoms with Crippen LogP contribution in [0.15, 0.2) is 67.4 Å². The van der Waals surface area contributed by atoms with Gasteiger partial charge in [0.2, 0.25) is 0 Å². The van der Waals surface area contributed by atoms with E-state index >= 15 is 0 Å². The van der Waals surface area contributed by atoms with E-state index in [1.54, 1.807) is 37.1 Å². The quantitative estimate of drug-likeness (QED) is 0.608. The number of hydrogen-bond donors (Lipinski definition) is 2. The number of rotatable bonds is 3. The van der Waals surface area contributed by atoms with Crippen molar-refractivity contribution >= 4 is 22.8 Å². The van der Waals surface area contributed by atoms with E-state index in [4.69, 9.17) is 0 Å². The number of aromatic amines is 1. The minimum atomic E-state index is -0.231. The van der Waals surface area contributed by atoms with Gasteiger partial charge in [0, 0.05) is 41.9 Å². The van der Waals surface area contributed by atoms with Crippen molar-refractivity contribution in [3.8, 4) is 11.1 Å². The van der Waals surface area contributed by atoms with E-state index < -0.39 is 0 Å². The van der Waals surface area contributed by atoms with Crippen LogP contribution in [0.5, 0.6) is 0 Å². The topological polar surface area (TPSA) is 83.6 Å². The molecule has 116 valence electrons. The second-order valence-corrected chi connectivity index (χ2v) is 5.23. The standard InChI is InChI=1S/C18H13N5O/c24-18(15-11-22-17-14(15)4-2-7-21-17)23-16-9-12(5-8-20-16)13-3-1-6-19-10-13/h1-11H,(H,21,22)(H,20,23,24). The lowest BCUT2D eigenvalue weighted by atomic mass is 10.1. The Morgan fingerprint density at radius 2 is 1.92 bits per heavy atom. The molecule has 0 aliphatic rings. The van der Waals surface area contributed by atoms with Crippen molar-refractivity contribution in [2.75, 3.05) is 5.32 Å². The summed E-state index contributed by atoms with van der Waals surface area (Å²) in [5.41, 5.74) is 3.12. The number of hydrogen-bond acceptors (Lipinski definition) is 4. The number of aromatic nitrogens is 4. The highest BCUT2D eigenvalue weighted by Crippen LogP contribution is 2.21. The van der Waals surface area contributed by atoms with E-state index in [2.05, 4.69) is 25.3 Å². The van der Waals surface area contributed by atoms with E-state index in [0.29, 0.717) is 17.0 Å². The van der Waals surface area contributed by atoms with Crippen LogP contribution in [0, 0.1) is 0 Å². The molecule has 4 aromatic rings. The molecule has 4 aromatic heterocycles. The molecule has 1 amide bonds. The Hall–Kier alpha value is -3.54. The molecule has 6 nitrogen and oxygen atoms in total. The molecule has 0 radical (unpaired) electrons. The van der Waals surface area contributed by atoms with Crippen LogP contribution >= 0.6 is 0 Å². The van der Waals surface area contributed by atoms with Gasteiger partial charge in [0.1, 0.15) is 11.5 Å². The van der Waals surface area contributed by atoms with Crippen molar-refractivity contribution in [1.29, 1.82) is 0 Å². The Kier molecular flexibility index (Phi) is 3.47. The maximum absolute atomic E-state index is 12.5. The molecule has 0 aliphatic heterocycles. The van der Waals surface area contributed by atoms with Gasteiger partial charge in [-0.3, -0.25) is 9.78 Å². The fraction of sp³-hybridized carbons (Fsp3) is 0. The van der Waals surface area contributed by atoms with Crippen LogP contribution in [0.25, 0.3) is 22.2 Å². The Morgan fingerprint density at radius 1 is 1.00 bits per heavy atom. The number of carbonyl (C=O) groups excluding carboxylic acids is 1. The Morgan fingerprint density at radius 3 is 2.79 bits per heavy atom. The number of amides is 1. The largest absolute Gasteiger partial charge is 0.345 e. The molecule has 0 atom stereocenters. The Labute approximate surface area is 137 Å². The number of fused-ring (bicyclic) bond motifs is 1. The zero-order valence-electron chi connectivity index (χ0n) is 12.6. The SMILES string of the molecule is O=C(Nc1cc(-c2cccnc2)ccn1)c1c[nH]c2ncccc12. The molecule has 0 fully saturated rings. The van der Waals surface area contributed by atoms with Gasteiger partial charge in [-0.1, -0.05) is 6.07 Å². The Bertz CT molecular complexity index is 1010. The summed E-state index contributed by atoms with van der Waals surface area (Å²) in [5, 5.41) is 3.60. The molecule has 0 bridgehead atoms. The van der Waals surface area contributed by atoms with Crippen LogP contribution in [0.4, 0.5) is 5.82 Å². The van der Waals surface area contributed by atoms with Crippen LogP contribution in [-0.4, -0.2) is 25.8 Å². The second kappa shape index (κ2) is 5.92. The van der Waals surface area contributed by atoms with Crippen molar-refractivity contribution in [1.82, 2.24) is 19.9 Å². The van der Waals surface area contributed by atoms with E-state index in [-0.39, 0.29) is 5.91 Å². The van der Waals surface area contributed by atoms with Gasteiger partial charge in [-0.25, -0.2) is 9.97 Å². The third-order valence-corrected chi connectivity index (χ3v) is 3.69. The first-order valence-electron chi connectivity index (χ1n) is 7.41. The summed E-state index contributed by atoms with van der Waals surface area (Å²) < 4.78 is 0. The smallest absolute Gasteiger partial charge is 0.259 e. The van der Waals surface area contributed by atoms with Gasteiger partial charge >= 0.3 is 0 Å². The predicted octanol–water partition coefficient (Wildman–Crippen LogP) is 3.27. The monoisotopic (exact) mass is 315 g/mol. The predicted molar refractivity (Wildman–Crippen MR) is 91.5 cm³/mol. The number of carbonyl (C=O) groups is 1. The van der Waals surface area contributed by atoms with E-state index in [1.807, 2.05) is 30.3 Å². The van der Waals surface area contributed by atoms with Crippen molar-refractivity contribution < 1.29 is 4.79 Å². The van der Waals surface area contributed by atoms with Gasteiger partial charge in [0.05, 0.1) is 5.56 Å². The number of nitrogens with zero attached hydrogens (tertiary/aromatic N) is 3. The fourth-order valence-electron chi connectivity index (χ4n) is 2.54. The molecule has 4 rings (SSSR count). The third-order valence-electron chi connectivity index (χ3n) is 3.69. The minimum Gasteiger partial charge on any atom is -0.345 e. The second-order valence-electron chi connectivity index (χ2n) is 5.23. The van der Waals surface area contributed by atoms with Crippen LogP contribution in [-0.2, 0) is 0 Å². The summed E-state index contributed by atoms with van der Waals surface area (Å²) >= 11 is 0. The van der Waals surface area contributed by atoms with Gasteiger partial charge in [0.15, 0.2) is 0 Å². The van der Waals surface area contributed by atoms with Crippen LogP contribution in [0.2, 0.25) is 0 Å². The maximum Gasteiger partial charge on any atom is 0.259 e. The summed E-state index contributed by atoms with van der Waals surface area (Å²) in [7, 11) is 0. The van der Waals surface area contributed by atoms with Gasteiger partial charge in [-0.2, -0.15) is 0 Å². The summed E-state index contributed by atoms with van der Waals surface area (Å²) in [6, 6.07) is 11.2. The first-order chi connectivity index (χ1) is 11.8. The lowest BCUT2D eigenvalue weighted by Crippen LogP contribution is -2.12. The molecule has 0 spiro atoms. The number of pyridine rings is 3. The normalized spacial score (nSPS) is 10.7. The zero-order valence-corrected chi connectivity index (χ0v) is 12.6. The molecule has 0 unspecified atom stereocenters. The highest BCUT2D eigenvalue weighted by atomic mass is 16.1. The van der Waals surface area contributed by atoms with E-state index in [9.17, 15) is 4.79 Å². The zero-order chi connectivity index (χ0) is 16.4. The molecule has 0 aromatic carbocycles. The fourth-order valence-corrected chi connectivity index (χ4v) is 2.54. The first kappa shape index (κ1) is 14.1. The van der Waals surface area contributed by atoms with Gasteiger partial charge in [-0.05, 0) is 35.9 Å². The third kappa shape index (κ3) is 2.61. The molecule has 6 heteroatoms. The maximum atomic E-state index is 12.5. The summed E-state index contributed by atoms with van der Waals surface area (Å²) in [4.78, 5) is 28.0. The number of anilines is 1. The van der Waals surface area contributed by atoms with Crippen molar-refractivity contribution in [3.63, 3.8) is 0 Å². The molecule has 0 saturated heterocycles. The van der Waals surface area contributed by atoms with Crippen LogP contribution in [0.1, 0.15) is 10.4 Å². The average molecular weight is 315 g/mol. The van der Waals surface area contributed by atoms with Crippen LogP contribution in [0.3, 0.4) is 0 Å². The molecule has 24 heavy (non-hydrogen) atoms. The van der Waals surface area contributed by atoms with Gasteiger partial charge in [-0.15, -0.1) is 0 Å². The number of nitrogens with one attached hydrogen (secondary N) is 2. The molecular weight excluding hydrogens is 302 g/mol. The van der Waals surface area contributed by atoms with E-state index in [1.165, 1.54) is 0 Å². The van der Waals surface area contributed by atoms with Gasteiger partial charge < -0.3 is 10.3 Å². The molecule has 0 saturated carbocycles.